The van der Waals surface area contributed by atoms with Gasteiger partial charge in [0, 0.05) is 11.8 Å². The third-order valence-electron chi connectivity index (χ3n) is 6.59. The van der Waals surface area contributed by atoms with Crippen LogP contribution in [0.15, 0.2) is 64.2 Å². The summed E-state index contributed by atoms with van der Waals surface area (Å²) in [7, 11) is -4.73. The van der Waals surface area contributed by atoms with E-state index in [4.69, 9.17) is 4.42 Å². The highest BCUT2D eigenvalue weighted by Crippen LogP contribution is 2.35. The van der Waals surface area contributed by atoms with Crippen molar-refractivity contribution in [3.05, 3.63) is 66.2 Å². The van der Waals surface area contributed by atoms with Gasteiger partial charge in [-0.05, 0) is 56.0 Å². The molecule has 2 N–H and O–H groups in total. The van der Waals surface area contributed by atoms with Crippen LogP contribution in [0.5, 0.6) is 0 Å². The zero-order valence-electron chi connectivity index (χ0n) is 23.3. The van der Waals surface area contributed by atoms with E-state index >= 15 is 0 Å². The summed E-state index contributed by atoms with van der Waals surface area (Å²) in [5.74, 6) is -5.65. The predicted molar refractivity (Wildman–Crippen MR) is 147 cm³/mol. The molecule has 0 bridgehead atoms. The van der Waals surface area contributed by atoms with Gasteiger partial charge in [0.05, 0.1) is 6.54 Å². The van der Waals surface area contributed by atoms with Crippen LogP contribution in [0, 0.1) is 5.92 Å². The summed E-state index contributed by atoms with van der Waals surface area (Å²) in [5, 5.41) is 4.61. The van der Waals surface area contributed by atoms with Gasteiger partial charge < -0.3 is 15.1 Å². The Morgan fingerprint density at radius 2 is 1.84 bits per heavy atom. The number of pyridine rings is 1. The number of aromatic nitrogens is 2. The number of ketones is 1. The van der Waals surface area contributed by atoms with Crippen LogP contribution < -0.4 is 10.6 Å². The molecule has 1 aromatic carbocycles. The summed E-state index contributed by atoms with van der Waals surface area (Å²) in [6, 6.07) is 8.54. The predicted octanol–water partition coefficient (Wildman–Crippen LogP) is 3.44. The highest BCUT2D eigenvalue weighted by atomic mass is 32.2. The molecule has 43 heavy (non-hydrogen) atoms. The molecule has 4 rings (SSSR count). The van der Waals surface area contributed by atoms with Crippen LogP contribution in [-0.4, -0.2) is 65.5 Å². The Labute approximate surface area is 245 Å². The molecule has 230 valence electrons. The average molecular weight is 622 g/mol. The summed E-state index contributed by atoms with van der Waals surface area (Å²) in [4.78, 5) is 48.1. The van der Waals surface area contributed by atoms with E-state index in [1.54, 1.807) is 32.0 Å². The van der Waals surface area contributed by atoms with Crippen molar-refractivity contribution < 1.29 is 40.4 Å². The van der Waals surface area contributed by atoms with Gasteiger partial charge in [0.1, 0.15) is 12.1 Å². The first-order chi connectivity index (χ1) is 20.3. The number of alkyl halides is 3. The smallest absolute Gasteiger partial charge is 0.431 e. The maximum Gasteiger partial charge on any atom is 0.452 e. The molecule has 0 saturated carbocycles. The summed E-state index contributed by atoms with van der Waals surface area (Å²) >= 11 is 0. The third-order valence-corrected chi connectivity index (χ3v) is 8.32. The molecule has 0 aliphatic carbocycles. The summed E-state index contributed by atoms with van der Waals surface area (Å²) < 4.78 is 74.7. The number of amides is 2. The molecule has 15 heteroatoms. The minimum absolute atomic E-state index is 0.00603. The van der Waals surface area contributed by atoms with E-state index in [0.29, 0.717) is 17.3 Å². The minimum atomic E-state index is -5.11. The van der Waals surface area contributed by atoms with Crippen molar-refractivity contribution in [1.29, 1.82) is 0 Å². The molecule has 0 spiro atoms. The largest absolute Gasteiger partial charge is 0.452 e. The van der Waals surface area contributed by atoms with E-state index in [0.717, 1.165) is 6.07 Å². The van der Waals surface area contributed by atoms with Gasteiger partial charge in [-0.15, -0.1) is 0 Å². The fourth-order valence-corrected chi connectivity index (χ4v) is 6.21. The Morgan fingerprint density at radius 1 is 1.14 bits per heavy atom. The van der Waals surface area contributed by atoms with E-state index in [1.807, 2.05) is 0 Å². The second-order valence-corrected chi connectivity index (χ2v) is 12.1. The summed E-state index contributed by atoms with van der Waals surface area (Å²) in [6.07, 6.45) is -3.72. The van der Waals surface area contributed by atoms with Gasteiger partial charge in [0.25, 0.3) is 21.8 Å². The monoisotopic (exact) mass is 621 g/mol. The first kappa shape index (κ1) is 31.8. The van der Waals surface area contributed by atoms with Crippen LogP contribution in [0.4, 0.5) is 13.2 Å². The van der Waals surface area contributed by atoms with Gasteiger partial charge in [0.15, 0.2) is 16.5 Å². The van der Waals surface area contributed by atoms with Crippen molar-refractivity contribution in [2.75, 3.05) is 13.1 Å². The standard InChI is InChI=1S/C28H30F3N5O6S/c1-17(2)15-19(34-25(38)23-24(28(29,30)31)42-26(35-23)18-9-4-3-5-10-18)27(39)36(20-11-8-13-32-16-21(20)37)43(40,41)22-12-6-7-14-33-22/h3-7,9-10,12,14,17,19-20,32H,8,11,13,15-16H2,1-2H3,(H,34,38)/t19?,20-/m0/s1. The maximum absolute atomic E-state index is 14.1. The number of hydrogen-bond donors (Lipinski definition) is 2. The number of benzene rings is 1. The van der Waals surface area contributed by atoms with Gasteiger partial charge in [-0.3, -0.25) is 14.4 Å². The highest BCUT2D eigenvalue weighted by Gasteiger charge is 2.45. The minimum Gasteiger partial charge on any atom is -0.431 e. The highest BCUT2D eigenvalue weighted by molar-refractivity contribution is 7.89. The lowest BCUT2D eigenvalue weighted by molar-refractivity contribution is -0.153. The Morgan fingerprint density at radius 3 is 2.47 bits per heavy atom. The summed E-state index contributed by atoms with van der Waals surface area (Å²) in [6.45, 7) is 3.55. The van der Waals surface area contributed by atoms with Crippen molar-refractivity contribution >= 4 is 27.6 Å². The number of nitrogens with zero attached hydrogens (tertiary/aromatic N) is 3. The van der Waals surface area contributed by atoms with Crippen LogP contribution in [0.1, 0.15) is 49.4 Å². The molecule has 1 fully saturated rings. The lowest BCUT2D eigenvalue weighted by Crippen LogP contribution is -2.57. The number of Topliss-reactive ketones (excluding diaryl/α,β-unsaturated/α-hetero) is 1. The topological polar surface area (TPSA) is 152 Å². The maximum atomic E-state index is 14.1. The summed E-state index contributed by atoms with van der Waals surface area (Å²) in [5.41, 5.74) is -0.947. The Kier molecular flexibility index (Phi) is 9.65. The Balaban J connectivity index is 1.76. The van der Waals surface area contributed by atoms with Crippen molar-refractivity contribution in [1.82, 2.24) is 24.9 Å². The number of nitrogens with one attached hydrogen (secondary N) is 2. The average Bonchev–Trinajstić information content (AvgIpc) is 3.33. The van der Waals surface area contributed by atoms with Crippen molar-refractivity contribution in [2.45, 2.75) is 56.4 Å². The second-order valence-electron chi connectivity index (χ2n) is 10.3. The molecule has 1 saturated heterocycles. The fraction of sp³-hybridized carbons (Fsp3) is 0.393. The van der Waals surface area contributed by atoms with Gasteiger partial charge in [-0.1, -0.05) is 38.1 Å². The first-order valence-corrected chi connectivity index (χ1v) is 14.9. The van der Waals surface area contributed by atoms with Crippen LogP contribution in [-0.2, 0) is 25.8 Å². The zero-order valence-corrected chi connectivity index (χ0v) is 24.1. The second kappa shape index (κ2) is 13.0. The molecule has 2 aromatic heterocycles. The van der Waals surface area contributed by atoms with E-state index in [9.17, 15) is 36.0 Å². The van der Waals surface area contributed by atoms with Crippen LogP contribution >= 0.6 is 0 Å². The lowest BCUT2D eigenvalue weighted by Gasteiger charge is -2.32. The number of halogens is 3. The Bertz CT molecular complexity index is 1560. The van der Waals surface area contributed by atoms with Crippen LogP contribution in [0.2, 0.25) is 0 Å². The number of hydrogen-bond acceptors (Lipinski definition) is 9. The van der Waals surface area contributed by atoms with Gasteiger partial charge >= 0.3 is 6.18 Å². The van der Waals surface area contributed by atoms with Crippen LogP contribution in [0.25, 0.3) is 11.5 Å². The molecule has 1 aliphatic rings. The van der Waals surface area contributed by atoms with Gasteiger partial charge in [-0.2, -0.15) is 21.6 Å². The number of carbonyl (C=O) groups excluding carboxylic acids is 3. The molecular weight excluding hydrogens is 591 g/mol. The molecule has 2 atom stereocenters. The first-order valence-electron chi connectivity index (χ1n) is 13.5. The SMILES string of the molecule is CC(C)CC(NC(=O)c1nc(-c2ccccc2)oc1C(F)(F)F)C(=O)N([C@H]1CCCNCC1=O)S(=O)(=O)c1ccccn1. The molecular formula is C28H30F3N5O6S. The van der Waals surface area contributed by atoms with Crippen molar-refractivity contribution in [3.63, 3.8) is 0 Å². The number of oxazole rings is 1. The van der Waals surface area contributed by atoms with Gasteiger partial charge in [0.2, 0.25) is 11.7 Å². The van der Waals surface area contributed by atoms with Crippen molar-refractivity contribution in [2.24, 2.45) is 5.92 Å². The zero-order chi connectivity index (χ0) is 31.4. The molecule has 1 aliphatic heterocycles. The molecule has 3 aromatic rings. The number of rotatable bonds is 9. The van der Waals surface area contributed by atoms with Gasteiger partial charge in [-0.25, -0.2) is 14.3 Å². The van der Waals surface area contributed by atoms with E-state index in [-0.39, 0.29) is 30.9 Å². The molecule has 3 heterocycles. The van der Waals surface area contributed by atoms with E-state index in [1.165, 1.54) is 30.5 Å². The van der Waals surface area contributed by atoms with Crippen molar-refractivity contribution in [3.8, 4) is 11.5 Å². The Hall–Kier alpha value is -4.11. The number of sulfonamides is 1. The molecule has 1 unspecified atom stereocenters. The van der Waals surface area contributed by atoms with Crippen LogP contribution in [0.3, 0.4) is 0 Å². The quantitative estimate of drug-likeness (QED) is 0.366. The normalized spacial score (nSPS) is 16.9. The fourth-order valence-electron chi connectivity index (χ4n) is 4.64. The third kappa shape index (κ3) is 7.28. The lowest BCUT2D eigenvalue weighted by atomic mass is 10.0. The molecule has 2 amide bonds. The van der Waals surface area contributed by atoms with E-state index in [2.05, 4.69) is 20.6 Å². The molecule has 0 radical (unpaired) electrons. The molecule has 11 nitrogen and oxygen atoms in total. The van der Waals surface area contributed by atoms with E-state index < -0.39 is 68.3 Å². The number of carbonyl (C=O) groups is 3.